The molecular weight excluding hydrogens is 173 g/mol. The number of rotatable bonds is 3. The molecule has 4 N–H and O–H groups in total. The van der Waals surface area contributed by atoms with Crippen molar-refractivity contribution in [2.45, 2.75) is 12.5 Å². The molecule has 0 radical (unpaired) electrons. The summed E-state index contributed by atoms with van der Waals surface area (Å²) < 4.78 is 12.8. The van der Waals surface area contributed by atoms with Gasteiger partial charge in [-0.2, -0.15) is 0 Å². The van der Waals surface area contributed by atoms with Crippen molar-refractivity contribution in [1.29, 1.82) is 0 Å². The van der Waals surface area contributed by atoms with Crippen molar-refractivity contribution in [2.75, 3.05) is 6.61 Å². The fourth-order valence-corrected chi connectivity index (χ4v) is 1.13. The van der Waals surface area contributed by atoms with E-state index in [0.29, 0.717) is 12.0 Å². The van der Waals surface area contributed by atoms with E-state index in [9.17, 15) is 9.50 Å². The zero-order chi connectivity index (χ0) is 9.84. The topological polar surface area (TPSA) is 66.5 Å². The molecule has 1 aromatic rings. The summed E-state index contributed by atoms with van der Waals surface area (Å²) in [6, 6.07) is 3.64. The van der Waals surface area contributed by atoms with E-state index in [1.54, 1.807) is 6.07 Å². The highest BCUT2D eigenvalue weighted by Crippen LogP contribution is 2.26. The van der Waals surface area contributed by atoms with Gasteiger partial charge in [0.2, 0.25) is 0 Å². The Morgan fingerprint density at radius 3 is 2.77 bits per heavy atom. The third-order valence-electron chi connectivity index (χ3n) is 1.86. The van der Waals surface area contributed by atoms with Gasteiger partial charge in [0.25, 0.3) is 0 Å². The third kappa shape index (κ3) is 2.17. The Hall–Kier alpha value is -1.13. The van der Waals surface area contributed by atoms with Crippen molar-refractivity contribution >= 4 is 0 Å². The highest BCUT2D eigenvalue weighted by Gasteiger charge is 2.12. The lowest BCUT2D eigenvalue weighted by molar-refractivity contribution is 0.275. The fraction of sp³-hybridized carbons (Fsp3) is 0.333. The Bertz CT molecular complexity index is 291. The van der Waals surface area contributed by atoms with E-state index in [2.05, 4.69) is 0 Å². The minimum atomic E-state index is -0.689. The molecule has 1 rings (SSSR count). The summed E-state index contributed by atoms with van der Waals surface area (Å²) in [7, 11) is 0. The van der Waals surface area contributed by atoms with E-state index in [1.807, 2.05) is 0 Å². The number of aliphatic hydroxyl groups excluding tert-OH is 1. The summed E-state index contributed by atoms with van der Waals surface area (Å²) in [5, 5.41) is 17.9. The molecule has 0 bridgehead atoms. The second-order valence-corrected chi connectivity index (χ2v) is 2.80. The van der Waals surface area contributed by atoms with Gasteiger partial charge in [0, 0.05) is 18.2 Å². The first-order chi connectivity index (χ1) is 6.16. The van der Waals surface area contributed by atoms with Crippen LogP contribution in [0.4, 0.5) is 4.39 Å². The van der Waals surface area contributed by atoms with Crippen molar-refractivity contribution in [2.24, 2.45) is 5.73 Å². The molecule has 13 heavy (non-hydrogen) atoms. The number of para-hydroxylation sites is 1. The van der Waals surface area contributed by atoms with Crippen molar-refractivity contribution in [3.63, 3.8) is 0 Å². The zero-order valence-electron chi connectivity index (χ0n) is 7.07. The molecule has 0 heterocycles. The van der Waals surface area contributed by atoms with Gasteiger partial charge in [-0.05, 0) is 12.5 Å². The lowest BCUT2D eigenvalue weighted by atomic mass is 10.0. The normalized spacial score (nSPS) is 12.8. The van der Waals surface area contributed by atoms with Crippen LogP contribution in [0.5, 0.6) is 5.75 Å². The van der Waals surface area contributed by atoms with Crippen LogP contribution in [0.2, 0.25) is 0 Å². The maximum absolute atomic E-state index is 12.8. The van der Waals surface area contributed by atoms with Crippen molar-refractivity contribution in [1.82, 2.24) is 0 Å². The molecule has 0 saturated carbocycles. The van der Waals surface area contributed by atoms with Gasteiger partial charge in [-0.15, -0.1) is 0 Å². The molecule has 0 aliphatic rings. The van der Waals surface area contributed by atoms with Gasteiger partial charge >= 0.3 is 0 Å². The van der Waals surface area contributed by atoms with Gasteiger partial charge in [-0.3, -0.25) is 0 Å². The minimum Gasteiger partial charge on any atom is -0.505 e. The molecule has 0 saturated heterocycles. The van der Waals surface area contributed by atoms with Gasteiger partial charge in [-0.25, -0.2) is 4.39 Å². The van der Waals surface area contributed by atoms with Crippen LogP contribution >= 0.6 is 0 Å². The van der Waals surface area contributed by atoms with E-state index >= 15 is 0 Å². The van der Waals surface area contributed by atoms with Crippen LogP contribution in [0.15, 0.2) is 18.2 Å². The smallest absolute Gasteiger partial charge is 0.165 e. The van der Waals surface area contributed by atoms with E-state index in [0.717, 1.165) is 6.07 Å². The Balaban J connectivity index is 2.93. The number of hydrogen-bond acceptors (Lipinski definition) is 3. The monoisotopic (exact) mass is 185 g/mol. The first-order valence-corrected chi connectivity index (χ1v) is 4.00. The lowest BCUT2D eigenvalue weighted by Crippen LogP contribution is -2.12. The van der Waals surface area contributed by atoms with Gasteiger partial charge in [-0.1, -0.05) is 12.1 Å². The average Bonchev–Trinajstić information content (AvgIpc) is 2.10. The Labute approximate surface area is 75.6 Å². The van der Waals surface area contributed by atoms with E-state index in [1.165, 1.54) is 6.07 Å². The molecule has 1 aromatic carbocycles. The molecule has 0 spiro atoms. The highest BCUT2D eigenvalue weighted by atomic mass is 19.1. The minimum absolute atomic E-state index is 0.0862. The van der Waals surface area contributed by atoms with Crippen LogP contribution in [-0.2, 0) is 0 Å². The van der Waals surface area contributed by atoms with E-state index in [4.69, 9.17) is 10.8 Å². The molecule has 1 atom stereocenters. The molecule has 3 nitrogen and oxygen atoms in total. The Morgan fingerprint density at radius 1 is 1.46 bits per heavy atom. The Morgan fingerprint density at radius 2 is 2.15 bits per heavy atom. The summed E-state index contributed by atoms with van der Waals surface area (Å²) in [6.45, 7) is -0.0862. The standard InChI is InChI=1S/C9H12FNO2/c10-7-3-1-2-6(9(7)13)8(11)4-5-12/h1-3,8,12-13H,4-5,11H2/t8-/m1/s1. The van der Waals surface area contributed by atoms with Crippen molar-refractivity contribution in [3.05, 3.63) is 29.6 Å². The van der Waals surface area contributed by atoms with Crippen LogP contribution in [0, 0.1) is 5.82 Å². The SMILES string of the molecule is N[C@H](CCO)c1cccc(F)c1O. The largest absolute Gasteiger partial charge is 0.505 e. The van der Waals surface area contributed by atoms with E-state index < -0.39 is 17.6 Å². The molecule has 0 aliphatic heterocycles. The van der Waals surface area contributed by atoms with Crippen LogP contribution in [0.3, 0.4) is 0 Å². The second kappa shape index (κ2) is 4.20. The van der Waals surface area contributed by atoms with Crippen LogP contribution in [0.25, 0.3) is 0 Å². The number of benzene rings is 1. The van der Waals surface area contributed by atoms with Gasteiger partial charge in [0.1, 0.15) is 0 Å². The number of phenols is 1. The molecule has 0 unspecified atom stereocenters. The number of hydrogen-bond donors (Lipinski definition) is 3. The third-order valence-corrected chi connectivity index (χ3v) is 1.86. The van der Waals surface area contributed by atoms with Gasteiger partial charge in [0.05, 0.1) is 0 Å². The van der Waals surface area contributed by atoms with E-state index in [-0.39, 0.29) is 6.61 Å². The molecule has 0 aliphatic carbocycles. The number of phenolic OH excluding ortho intramolecular Hbond substituents is 1. The molecule has 72 valence electrons. The lowest BCUT2D eigenvalue weighted by Gasteiger charge is -2.11. The van der Waals surface area contributed by atoms with Gasteiger partial charge in [0.15, 0.2) is 11.6 Å². The van der Waals surface area contributed by atoms with Gasteiger partial charge < -0.3 is 15.9 Å². The summed E-state index contributed by atoms with van der Waals surface area (Å²) in [6.07, 6.45) is 0.303. The number of aromatic hydroxyl groups is 1. The first kappa shape index (κ1) is 9.95. The number of nitrogens with two attached hydrogens (primary N) is 1. The van der Waals surface area contributed by atoms with Crippen LogP contribution in [-0.4, -0.2) is 16.8 Å². The number of halogens is 1. The predicted molar refractivity (Wildman–Crippen MR) is 46.7 cm³/mol. The Kier molecular flexibility index (Phi) is 3.22. The zero-order valence-corrected chi connectivity index (χ0v) is 7.07. The first-order valence-electron chi connectivity index (χ1n) is 4.00. The molecular formula is C9H12FNO2. The highest BCUT2D eigenvalue weighted by molar-refractivity contribution is 5.35. The average molecular weight is 185 g/mol. The summed E-state index contributed by atoms with van der Waals surface area (Å²) in [5.74, 6) is -1.12. The molecule has 4 heteroatoms. The number of aliphatic hydroxyl groups is 1. The quantitative estimate of drug-likeness (QED) is 0.655. The fourth-order valence-electron chi connectivity index (χ4n) is 1.13. The molecule has 0 aromatic heterocycles. The van der Waals surface area contributed by atoms with Crippen LogP contribution in [0.1, 0.15) is 18.0 Å². The summed E-state index contributed by atoms with van der Waals surface area (Å²) >= 11 is 0. The molecule has 0 amide bonds. The maximum atomic E-state index is 12.8. The molecule has 0 fully saturated rings. The van der Waals surface area contributed by atoms with Crippen molar-refractivity contribution in [3.8, 4) is 5.75 Å². The predicted octanol–water partition coefficient (Wildman–Crippen LogP) is 0.913. The summed E-state index contributed by atoms with van der Waals surface area (Å²) in [5.41, 5.74) is 5.92. The van der Waals surface area contributed by atoms with Crippen LogP contribution < -0.4 is 5.73 Å². The maximum Gasteiger partial charge on any atom is 0.165 e. The van der Waals surface area contributed by atoms with Crippen molar-refractivity contribution < 1.29 is 14.6 Å². The summed E-state index contributed by atoms with van der Waals surface area (Å²) in [4.78, 5) is 0. The second-order valence-electron chi connectivity index (χ2n) is 2.80.